The Morgan fingerprint density at radius 2 is 1.50 bits per heavy atom. The summed E-state index contributed by atoms with van der Waals surface area (Å²) in [6.07, 6.45) is 0. The van der Waals surface area contributed by atoms with Crippen LogP contribution in [0.25, 0.3) is 0 Å². The van der Waals surface area contributed by atoms with Crippen molar-refractivity contribution in [2.24, 2.45) is 5.41 Å². The van der Waals surface area contributed by atoms with Crippen LogP contribution in [0, 0.1) is 5.41 Å². The molecule has 1 radical (unpaired) electrons. The third-order valence-corrected chi connectivity index (χ3v) is 2.25. The summed E-state index contributed by atoms with van der Waals surface area (Å²) < 4.78 is 0. The van der Waals surface area contributed by atoms with Crippen molar-refractivity contribution in [1.82, 2.24) is 0 Å². The molecule has 0 nitrogen and oxygen atoms in total. The first-order valence-corrected chi connectivity index (χ1v) is 3.35. The summed E-state index contributed by atoms with van der Waals surface area (Å²) in [7, 11) is 0. The average molecular weight is 150 g/mol. The van der Waals surface area contributed by atoms with Crippen molar-refractivity contribution in [3.8, 4) is 0 Å². The summed E-state index contributed by atoms with van der Waals surface area (Å²) in [5, 5.41) is 1.15. The molecule has 0 amide bonds. The van der Waals surface area contributed by atoms with Crippen LogP contribution in [-0.2, 0) is 0 Å². The van der Waals surface area contributed by atoms with E-state index in [4.69, 9.17) is 0 Å². The molecule has 0 heterocycles. The third kappa shape index (κ3) is 4.52. The first-order chi connectivity index (χ1) is 2.56. The molecule has 0 saturated heterocycles. The van der Waals surface area contributed by atoms with Crippen molar-refractivity contribution < 1.29 is 0 Å². The summed E-state index contributed by atoms with van der Waals surface area (Å²) in [4.78, 5) is 0. The van der Waals surface area contributed by atoms with E-state index in [0.717, 1.165) is 5.32 Å². The van der Waals surface area contributed by atoms with E-state index in [0.29, 0.717) is 5.41 Å². The van der Waals surface area contributed by atoms with Gasteiger partial charge in [-0.3, -0.25) is 0 Å². The Morgan fingerprint density at radius 1 is 1.33 bits per heavy atom. The van der Waals surface area contributed by atoms with Crippen molar-refractivity contribution in [3.05, 3.63) is 0 Å². The Hall–Kier alpha value is 0.519. The predicted molar refractivity (Wildman–Crippen MR) is 30.0 cm³/mol. The van der Waals surface area contributed by atoms with E-state index < -0.39 is 0 Å². The Labute approximate surface area is 48.1 Å². The average Bonchev–Trinajstić information content (AvgIpc) is 1.35. The molecule has 0 fully saturated rings. The van der Waals surface area contributed by atoms with E-state index in [1.54, 1.807) is 0 Å². The van der Waals surface area contributed by atoms with Gasteiger partial charge in [0.1, 0.15) is 0 Å². The maximum absolute atomic E-state index is 2.98. The van der Waals surface area contributed by atoms with E-state index in [2.05, 4.69) is 36.8 Å². The first-order valence-electron chi connectivity index (χ1n) is 2.14. The zero-order valence-corrected chi connectivity index (χ0v) is 6.33. The molecule has 0 aliphatic rings. The summed E-state index contributed by atoms with van der Waals surface area (Å²) in [5.41, 5.74) is 0.486. The quantitative estimate of drug-likeness (QED) is 0.460. The van der Waals surface area contributed by atoms with Gasteiger partial charge in [0.05, 0.1) is 0 Å². The summed E-state index contributed by atoms with van der Waals surface area (Å²) in [5.74, 6) is 0. The minimum absolute atomic E-state index is 0.486. The standard InChI is InChI=1S/C5H11Se/c1-5(2,3)4-6/h4H2,1-3H3. The van der Waals surface area contributed by atoms with E-state index in [-0.39, 0.29) is 0 Å². The molecule has 0 aromatic heterocycles. The maximum atomic E-state index is 2.98. The van der Waals surface area contributed by atoms with Gasteiger partial charge in [0, 0.05) is 0 Å². The fourth-order valence-corrected chi connectivity index (χ4v) is 0. The Balaban J connectivity index is 3.17. The first kappa shape index (κ1) is 6.52. The molecule has 0 saturated carbocycles. The zero-order valence-electron chi connectivity index (χ0n) is 4.62. The van der Waals surface area contributed by atoms with E-state index in [1.165, 1.54) is 0 Å². The molecule has 1 heteroatoms. The molecule has 0 rings (SSSR count). The molecule has 0 aliphatic carbocycles. The van der Waals surface area contributed by atoms with Gasteiger partial charge >= 0.3 is 47.5 Å². The fraction of sp³-hybridized carbons (Fsp3) is 1.00. The van der Waals surface area contributed by atoms with Crippen LogP contribution in [0.1, 0.15) is 20.8 Å². The second kappa shape index (κ2) is 1.99. The normalized spacial score (nSPS) is 12.0. The molecule has 0 atom stereocenters. The van der Waals surface area contributed by atoms with Crippen molar-refractivity contribution in [2.45, 2.75) is 26.1 Å². The zero-order chi connectivity index (χ0) is 5.21. The van der Waals surface area contributed by atoms with Crippen LogP contribution in [-0.4, -0.2) is 16.0 Å². The van der Waals surface area contributed by atoms with Crippen LogP contribution in [0.2, 0.25) is 5.32 Å². The van der Waals surface area contributed by atoms with Gasteiger partial charge in [0.15, 0.2) is 0 Å². The van der Waals surface area contributed by atoms with Crippen molar-refractivity contribution in [3.63, 3.8) is 0 Å². The molecule has 37 valence electrons. The number of hydrogen-bond acceptors (Lipinski definition) is 0. The van der Waals surface area contributed by atoms with Gasteiger partial charge in [-0.15, -0.1) is 0 Å². The van der Waals surface area contributed by atoms with Crippen molar-refractivity contribution >= 4 is 16.0 Å². The van der Waals surface area contributed by atoms with Gasteiger partial charge in [0.2, 0.25) is 0 Å². The van der Waals surface area contributed by atoms with Crippen LogP contribution in [0.15, 0.2) is 0 Å². The van der Waals surface area contributed by atoms with E-state index in [9.17, 15) is 0 Å². The second-order valence-corrected chi connectivity index (χ2v) is 3.31. The van der Waals surface area contributed by atoms with Crippen LogP contribution >= 0.6 is 0 Å². The van der Waals surface area contributed by atoms with Crippen LogP contribution in [0.4, 0.5) is 0 Å². The molecular weight excluding hydrogens is 139 g/mol. The van der Waals surface area contributed by atoms with Crippen molar-refractivity contribution in [1.29, 1.82) is 0 Å². The molecule has 0 aliphatic heterocycles. The SMILES string of the molecule is CC(C)(C)C[Se]. The third-order valence-electron chi connectivity index (χ3n) is 0.433. The molecule has 0 unspecified atom stereocenters. The van der Waals surface area contributed by atoms with Gasteiger partial charge < -0.3 is 0 Å². The fourth-order valence-electron chi connectivity index (χ4n) is 0. The Bertz CT molecular complexity index is 33.7. The van der Waals surface area contributed by atoms with E-state index >= 15 is 0 Å². The molecule has 0 bridgehead atoms. The van der Waals surface area contributed by atoms with Gasteiger partial charge in [-0.05, 0) is 0 Å². The van der Waals surface area contributed by atoms with Gasteiger partial charge in [-0.2, -0.15) is 0 Å². The van der Waals surface area contributed by atoms with Crippen LogP contribution < -0.4 is 0 Å². The second-order valence-electron chi connectivity index (χ2n) is 2.70. The van der Waals surface area contributed by atoms with E-state index in [1.807, 2.05) is 0 Å². The van der Waals surface area contributed by atoms with Crippen LogP contribution in [0.3, 0.4) is 0 Å². The molecule has 0 N–H and O–H groups in total. The Morgan fingerprint density at radius 3 is 1.50 bits per heavy atom. The predicted octanol–water partition coefficient (Wildman–Crippen LogP) is 1.62. The van der Waals surface area contributed by atoms with Gasteiger partial charge in [0.25, 0.3) is 0 Å². The van der Waals surface area contributed by atoms with Crippen molar-refractivity contribution in [2.75, 3.05) is 0 Å². The number of rotatable bonds is 0. The molecular formula is C5H11Se. The molecule has 0 aromatic carbocycles. The molecule has 6 heavy (non-hydrogen) atoms. The Kier molecular flexibility index (Phi) is 2.17. The monoisotopic (exact) mass is 151 g/mol. The summed E-state index contributed by atoms with van der Waals surface area (Å²) in [6, 6.07) is 0. The van der Waals surface area contributed by atoms with Gasteiger partial charge in [-0.25, -0.2) is 0 Å². The van der Waals surface area contributed by atoms with Gasteiger partial charge in [-0.1, -0.05) is 0 Å². The minimum atomic E-state index is 0.486. The number of hydrogen-bond donors (Lipinski definition) is 0. The summed E-state index contributed by atoms with van der Waals surface area (Å²) in [6.45, 7) is 6.64. The molecule has 0 aromatic rings. The topological polar surface area (TPSA) is 0 Å². The molecule has 0 spiro atoms. The van der Waals surface area contributed by atoms with Crippen LogP contribution in [0.5, 0.6) is 0 Å². The summed E-state index contributed by atoms with van der Waals surface area (Å²) >= 11 is 2.98.